The average Bonchev–Trinajstić information content (AvgIpc) is 2.06. The van der Waals surface area contributed by atoms with E-state index in [4.69, 9.17) is 0 Å². The number of hydrogen-bond donors (Lipinski definition) is 0. The maximum Gasteiger partial charge on any atom is 0.261 e. The minimum atomic E-state index is -0.423. The van der Waals surface area contributed by atoms with Crippen LogP contribution in [0.4, 0.5) is 34.1 Å². The van der Waals surface area contributed by atoms with Crippen LogP contribution in [0.15, 0.2) is 177 Å². The van der Waals surface area contributed by atoms with Crippen molar-refractivity contribution in [1.29, 1.82) is 0 Å². The molecule has 2 heterocycles. The van der Waals surface area contributed by atoms with E-state index in [1.807, 2.05) is 0 Å². The molecule has 0 aliphatic carbocycles. The smallest absolute Gasteiger partial charge is 0.261 e. The summed E-state index contributed by atoms with van der Waals surface area (Å²) in [4.78, 5) is 60.2. The standard InChI is InChI=1S/C76H90N4O4/c1-5-9-13-17-23-57-29-41-63(42-30-57)79(64-43-31-58(32-44-64)24-18-14-10-6-2)67-49-37-61(38-50-67)27-21-53-77-73(81)69-55-71-72(56-70(69)74(77)82)76(84)78(75(71)83)54-22-28-62-39-51-68(52-40-62)80(65-45-33-59(34-46-65)25-19-15-11-7-3)66-47-35-60(36-48-66)26-20-16-12-8-4/h29-52,55-56H,5-28,53-54H2,1-4H3. The second kappa shape index (κ2) is 30.8. The van der Waals surface area contributed by atoms with Crippen LogP contribution in [0.5, 0.6) is 0 Å². The lowest BCUT2D eigenvalue weighted by Crippen LogP contribution is -2.26. The molecule has 2 aromatic heterocycles. The molecule has 0 aliphatic rings. The van der Waals surface area contributed by atoms with Crippen molar-refractivity contribution in [2.75, 3.05) is 9.80 Å². The summed E-state index contributed by atoms with van der Waals surface area (Å²) in [5.74, 6) is 0. The van der Waals surface area contributed by atoms with Gasteiger partial charge in [-0.15, -0.1) is 0 Å². The highest BCUT2D eigenvalue weighted by molar-refractivity contribution is 5.98. The van der Waals surface area contributed by atoms with Crippen LogP contribution in [0.2, 0.25) is 0 Å². The number of anilines is 6. The van der Waals surface area contributed by atoms with Crippen molar-refractivity contribution in [2.24, 2.45) is 0 Å². The zero-order chi connectivity index (χ0) is 58.6. The Bertz CT molecular complexity index is 3250. The van der Waals surface area contributed by atoms with Crippen LogP contribution < -0.4 is 32.0 Å². The third-order valence-electron chi connectivity index (χ3n) is 17.2. The Hall–Kier alpha value is -7.58. The highest BCUT2D eigenvalue weighted by Crippen LogP contribution is 2.37. The molecule has 8 nitrogen and oxygen atoms in total. The summed E-state index contributed by atoms with van der Waals surface area (Å²) < 4.78 is 2.54. The molecule has 9 aromatic rings. The van der Waals surface area contributed by atoms with E-state index < -0.39 is 22.2 Å². The number of aromatic nitrogens is 2. The first-order valence-electron chi connectivity index (χ1n) is 32.2. The van der Waals surface area contributed by atoms with Crippen molar-refractivity contribution in [3.8, 4) is 0 Å². The summed E-state index contributed by atoms with van der Waals surface area (Å²) in [5, 5.41) is 0.745. The monoisotopic (exact) mass is 1120 g/mol. The van der Waals surface area contributed by atoms with Gasteiger partial charge in [0.2, 0.25) is 0 Å². The summed E-state index contributed by atoms with van der Waals surface area (Å²) in [6.07, 6.45) is 26.7. The van der Waals surface area contributed by atoms with E-state index in [1.165, 1.54) is 146 Å². The third-order valence-corrected chi connectivity index (χ3v) is 17.2. The van der Waals surface area contributed by atoms with Gasteiger partial charge in [-0.25, -0.2) is 0 Å². The summed E-state index contributed by atoms with van der Waals surface area (Å²) in [6, 6.07) is 56.2. The van der Waals surface area contributed by atoms with E-state index in [9.17, 15) is 19.2 Å². The molecule has 0 N–H and O–H groups in total. The predicted octanol–water partition coefficient (Wildman–Crippen LogP) is 18.6. The summed E-state index contributed by atoms with van der Waals surface area (Å²) >= 11 is 0. The lowest BCUT2D eigenvalue weighted by molar-refractivity contribution is 0.618. The molecule has 0 atom stereocenters. The third kappa shape index (κ3) is 15.6. The molecular formula is C76H90N4O4. The van der Waals surface area contributed by atoms with Gasteiger partial charge in [0, 0.05) is 47.2 Å². The van der Waals surface area contributed by atoms with Crippen LogP contribution in [0.1, 0.15) is 177 Å². The van der Waals surface area contributed by atoms with Gasteiger partial charge in [-0.3, -0.25) is 28.3 Å². The summed E-state index contributed by atoms with van der Waals surface area (Å²) in [7, 11) is 0. The van der Waals surface area contributed by atoms with Gasteiger partial charge in [0.15, 0.2) is 0 Å². The average molecular weight is 1120 g/mol. The first-order valence-corrected chi connectivity index (χ1v) is 32.2. The van der Waals surface area contributed by atoms with Crippen molar-refractivity contribution in [3.63, 3.8) is 0 Å². The van der Waals surface area contributed by atoms with Gasteiger partial charge >= 0.3 is 0 Å². The number of nitrogens with zero attached hydrogens (tertiary/aromatic N) is 4. The number of hydrogen-bond acceptors (Lipinski definition) is 6. The molecule has 0 saturated carbocycles. The van der Waals surface area contributed by atoms with Crippen molar-refractivity contribution in [1.82, 2.24) is 9.13 Å². The number of aryl methyl sites for hydroxylation is 6. The molecule has 0 amide bonds. The molecule has 9 rings (SSSR count). The zero-order valence-corrected chi connectivity index (χ0v) is 50.8. The Balaban J connectivity index is 0.841. The van der Waals surface area contributed by atoms with Crippen LogP contribution in [-0.2, 0) is 51.6 Å². The first-order chi connectivity index (χ1) is 41.2. The number of benzene rings is 7. The molecule has 7 aromatic carbocycles. The number of unbranched alkanes of at least 4 members (excludes halogenated alkanes) is 12. The fourth-order valence-corrected chi connectivity index (χ4v) is 12.2. The van der Waals surface area contributed by atoms with Crippen molar-refractivity contribution >= 4 is 55.7 Å². The highest BCUT2D eigenvalue weighted by Gasteiger charge is 2.21. The van der Waals surface area contributed by atoms with E-state index in [0.29, 0.717) is 25.7 Å². The van der Waals surface area contributed by atoms with Crippen molar-refractivity contribution in [3.05, 3.63) is 233 Å². The van der Waals surface area contributed by atoms with E-state index in [1.54, 1.807) is 0 Å². The van der Waals surface area contributed by atoms with Gasteiger partial charge in [0.25, 0.3) is 22.2 Å². The Morgan fingerprint density at radius 2 is 0.440 bits per heavy atom. The fraction of sp³-hybridized carbons (Fsp3) is 0.395. The Morgan fingerprint density at radius 1 is 0.250 bits per heavy atom. The minimum absolute atomic E-state index is 0.186. The molecular weight excluding hydrogens is 1030 g/mol. The van der Waals surface area contributed by atoms with Crippen LogP contribution >= 0.6 is 0 Å². The Kier molecular flexibility index (Phi) is 22.4. The lowest BCUT2D eigenvalue weighted by atomic mass is 10.0. The van der Waals surface area contributed by atoms with E-state index in [-0.39, 0.29) is 34.6 Å². The van der Waals surface area contributed by atoms with Gasteiger partial charge in [-0.05, 0) is 195 Å². The molecule has 0 saturated heterocycles. The molecule has 0 fully saturated rings. The maximum atomic E-state index is 13.9. The molecule has 0 aliphatic heterocycles. The van der Waals surface area contributed by atoms with Crippen LogP contribution in [-0.4, -0.2) is 9.13 Å². The molecule has 0 bridgehead atoms. The predicted molar refractivity (Wildman–Crippen MR) is 355 cm³/mol. The normalized spacial score (nSPS) is 11.6. The summed E-state index contributed by atoms with van der Waals surface area (Å²) in [5.41, 5.74) is 12.5. The molecule has 438 valence electrons. The molecule has 0 unspecified atom stereocenters. The molecule has 84 heavy (non-hydrogen) atoms. The molecule has 0 radical (unpaired) electrons. The first kappa shape index (κ1) is 61.0. The minimum Gasteiger partial charge on any atom is -0.311 e. The van der Waals surface area contributed by atoms with Gasteiger partial charge in [0.1, 0.15) is 0 Å². The van der Waals surface area contributed by atoms with E-state index in [0.717, 1.165) is 70.9 Å². The maximum absolute atomic E-state index is 13.9. The second-order valence-corrected chi connectivity index (χ2v) is 23.6. The van der Waals surface area contributed by atoms with Crippen LogP contribution in [0, 0.1) is 0 Å². The van der Waals surface area contributed by atoms with Gasteiger partial charge < -0.3 is 9.80 Å². The largest absolute Gasteiger partial charge is 0.311 e. The fourth-order valence-electron chi connectivity index (χ4n) is 12.2. The van der Waals surface area contributed by atoms with E-state index in [2.05, 4.69) is 183 Å². The van der Waals surface area contributed by atoms with Crippen LogP contribution in [0.25, 0.3) is 21.5 Å². The SMILES string of the molecule is CCCCCCc1ccc(N(c2ccc(CCCCCC)cc2)c2ccc(CCCn3c(=O)c4cc5c(=O)n(CCCc6ccc(N(c7ccc(CCCCCC)cc7)c7ccc(CCCCCC)cc7)cc6)c(=O)c5cc4c3=O)cc2)cc1. The van der Waals surface area contributed by atoms with Crippen LogP contribution in [0.3, 0.4) is 0 Å². The van der Waals surface area contributed by atoms with Crippen molar-refractivity contribution < 1.29 is 0 Å². The lowest BCUT2D eigenvalue weighted by Gasteiger charge is -2.26. The Morgan fingerprint density at radius 3 is 0.631 bits per heavy atom. The molecule has 0 spiro atoms. The van der Waals surface area contributed by atoms with E-state index >= 15 is 0 Å². The Labute approximate surface area is 499 Å². The topological polar surface area (TPSA) is 84.6 Å². The van der Waals surface area contributed by atoms with Crippen molar-refractivity contribution in [2.45, 2.75) is 195 Å². The second-order valence-electron chi connectivity index (χ2n) is 23.6. The van der Waals surface area contributed by atoms with Gasteiger partial charge in [0.05, 0.1) is 21.5 Å². The summed E-state index contributed by atoms with van der Waals surface area (Å²) in [6.45, 7) is 9.46. The quantitative estimate of drug-likeness (QED) is 0.0374. The molecule has 8 heteroatoms. The number of rotatable bonds is 34. The zero-order valence-electron chi connectivity index (χ0n) is 50.8. The number of fused-ring (bicyclic) bond motifs is 2. The van der Waals surface area contributed by atoms with Gasteiger partial charge in [-0.2, -0.15) is 0 Å². The highest BCUT2D eigenvalue weighted by atomic mass is 16.2. The van der Waals surface area contributed by atoms with Gasteiger partial charge in [-0.1, -0.05) is 178 Å².